The lowest BCUT2D eigenvalue weighted by Crippen LogP contribution is -2.48. The monoisotopic (exact) mass is 288 g/mol. The fourth-order valence-electron chi connectivity index (χ4n) is 2.15. The standard InChI is InChI=1S/C13H20N2O3.ClH/c1-3-17-13(16)12-5-4-11(18-12)9-15-7-6-14-10(2)8-15;/h4-5,10,14H,3,6-9H2,1-2H3;1H/t10-;/m0./s1. The highest BCUT2D eigenvalue weighted by Crippen LogP contribution is 2.13. The lowest BCUT2D eigenvalue weighted by Gasteiger charge is -2.31. The maximum atomic E-state index is 11.5. The first-order valence-corrected chi connectivity index (χ1v) is 6.40. The number of piperazine rings is 1. The summed E-state index contributed by atoms with van der Waals surface area (Å²) in [6, 6.07) is 4.02. The molecule has 1 saturated heterocycles. The van der Waals surface area contributed by atoms with E-state index in [1.54, 1.807) is 13.0 Å². The molecular weight excluding hydrogens is 268 g/mol. The molecule has 0 aromatic carbocycles. The molecular formula is C13H21ClN2O3. The van der Waals surface area contributed by atoms with Crippen molar-refractivity contribution in [3.05, 3.63) is 23.7 Å². The summed E-state index contributed by atoms with van der Waals surface area (Å²) in [4.78, 5) is 13.8. The van der Waals surface area contributed by atoms with E-state index in [-0.39, 0.29) is 18.2 Å². The SMILES string of the molecule is CCOC(=O)c1ccc(CN2CCN[C@@H](C)C2)o1.Cl. The summed E-state index contributed by atoms with van der Waals surface area (Å²) < 4.78 is 10.4. The molecule has 1 N–H and O–H groups in total. The Morgan fingerprint density at radius 1 is 1.58 bits per heavy atom. The lowest BCUT2D eigenvalue weighted by molar-refractivity contribution is 0.0485. The van der Waals surface area contributed by atoms with Crippen LogP contribution >= 0.6 is 12.4 Å². The first-order chi connectivity index (χ1) is 8.69. The zero-order valence-electron chi connectivity index (χ0n) is 11.3. The highest BCUT2D eigenvalue weighted by atomic mass is 35.5. The van der Waals surface area contributed by atoms with Gasteiger partial charge >= 0.3 is 5.97 Å². The molecule has 1 aliphatic heterocycles. The van der Waals surface area contributed by atoms with Crippen LogP contribution in [-0.2, 0) is 11.3 Å². The van der Waals surface area contributed by atoms with E-state index >= 15 is 0 Å². The third kappa shape index (κ3) is 4.53. The van der Waals surface area contributed by atoms with Gasteiger partial charge in [-0.05, 0) is 26.0 Å². The second-order valence-electron chi connectivity index (χ2n) is 4.58. The van der Waals surface area contributed by atoms with Gasteiger partial charge in [-0.25, -0.2) is 4.79 Å². The summed E-state index contributed by atoms with van der Waals surface area (Å²) in [5, 5.41) is 3.39. The Morgan fingerprint density at radius 2 is 2.37 bits per heavy atom. The molecule has 0 aliphatic carbocycles. The van der Waals surface area contributed by atoms with Crippen molar-refractivity contribution in [1.29, 1.82) is 0 Å². The van der Waals surface area contributed by atoms with Crippen LogP contribution in [0.5, 0.6) is 0 Å². The van der Waals surface area contributed by atoms with Crippen molar-refractivity contribution in [3.8, 4) is 0 Å². The zero-order valence-corrected chi connectivity index (χ0v) is 12.2. The van der Waals surface area contributed by atoms with Crippen molar-refractivity contribution in [1.82, 2.24) is 10.2 Å². The van der Waals surface area contributed by atoms with E-state index in [0.717, 1.165) is 31.9 Å². The van der Waals surface area contributed by atoms with E-state index < -0.39 is 5.97 Å². The third-order valence-corrected chi connectivity index (χ3v) is 2.97. The quantitative estimate of drug-likeness (QED) is 0.854. The molecule has 1 atom stereocenters. The Balaban J connectivity index is 0.00000180. The Kier molecular flexibility index (Phi) is 6.34. The molecule has 1 fully saturated rings. The summed E-state index contributed by atoms with van der Waals surface area (Å²) in [6.45, 7) is 8.04. The van der Waals surface area contributed by atoms with Crippen LogP contribution < -0.4 is 5.32 Å². The minimum atomic E-state index is -0.391. The molecule has 0 bridgehead atoms. The summed E-state index contributed by atoms with van der Waals surface area (Å²) in [5.41, 5.74) is 0. The van der Waals surface area contributed by atoms with Gasteiger partial charge < -0.3 is 14.5 Å². The van der Waals surface area contributed by atoms with Crippen LogP contribution in [0.3, 0.4) is 0 Å². The molecule has 0 amide bonds. The van der Waals surface area contributed by atoms with Gasteiger partial charge in [-0.1, -0.05) is 0 Å². The van der Waals surface area contributed by atoms with Crippen LogP contribution in [0.1, 0.15) is 30.2 Å². The minimum absolute atomic E-state index is 0. The number of nitrogens with one attached hydrogen (secondary N) is 1. The van der Waals surface area contributed by atoms with Gasteiger partial charge in [0.05, 0.1) is 13.2 Å². The Labute approximate surface area is 119 Å². The van der Waals surface area contributed by atoms with Gasteiger partial charge in [-0.3, -0.25) is 4.90 Å². The first-order valence-electron chi connectivity index (χ1n) is 6.40. The number of rotatable bonds is 4. The molecule has 0 radical (unpaired) electrons. The number of furan rings is 1. The smallest absolute Gasteiger partial charge is 0.374 e. The van der Waals surface area contributed by atoms with Gasteiger partial charge in [0.2, 0.25) is 5.76 Å². The number of carbonyl (C=O) groups excluding carboxylic acids is 1. The molecule has 0 spiro atoms. The molecule has 1 aromatic rings. The van der Waals surface area contributed by atoms with Crippen LogP contribution in [0.15, 0.2) is 16.5 Å². The second kappa shape index (κ2) is 7.53. The van der Waals surface area contributed by atoms with Crippen LogP contribution in [0.2, 0.25) is 0 Å². The number of hydrogen-bond acceptors (Lipinski definition) is 5. The van der Waals surface area contributed by atoms with Crippen molar-refractivity contribution < 1.29 is 13.9 Å². The highest BCUT2D eigenvalue weighted by molar-refractivity contribution is 5.86. The van der Waals surface area contributed by atoms with Crippen molar-refractivity contribution in [2.45, 2.75) is 26.4 Å². The largest absolute Gasteiger partial charge is 0.460 e. The molecule has 19 heavy (non-hydrogen) atoms. The van der Waals surface area contributed by atoms with Crippen LogP contribution in [0.4, 0.5) is 0 Å². The van der Waals surface area contributed by atoms with Gasteiger partial charge in [-0.2, -0.15) is 0 Å². The van der Waals surface area contributed by atoms with Crippen LogP contribution in [-0.4, -0.2) is 43.2 Å². The zero-order chi connectivity index (χ0) is 13.0. The molecule has 1 aliphatic rings. The summed E-state index contributed by atoms with van der Waals surface area (Å²) in [7, 11) is 0. The summed E-state index contributed by atoms with van der Waals surface area (Å²) in [5.74, 6) is 0.708. The Morgan fingerprint density at radius 3 is 3.05 bits per heavy atom. The molecule has 6 heteroatoms. The van der Waals surface area contributed by atoms with Gasteiger partial charge in [0.1, 0.15) is 5.76 Å². The number of ether oxygens (including phenoxy) is 1. The molecule has 0 unspecified atom stereocenters. The van der Waals surface area contributed by atoms with E-state index in [1.165, 1.54) is 0 Å². The van der Waals surface area contributed by atoms with E-state index in [9.17, 15) is 4.79 Å². The molecule has 0 saturated carbocycles. The first kappa shape index (κ1) is 16.0. The number of esters is 1. The van der Waals surface area contributed by atoms with Crippen molar-refractivity contribution in [3.63, 3.8) is 0 Å². The predicted molar refractivity (Wildman–Crippen MR) is 74.7 cm³/mol. The number of halogens is 1. The van der Waals surface area contributed by atoms with E-state index in [2.05, 4.69) is 17.1 Å². The molecule has 2 heterocycles. The lowest BCUT2D eigenvalue weighted by atomic mass is 10.2. The van der Waals surface area contributed by atoms with Crippen LogP contribution in [0, 0.1) is 0 Å². The molecule has 2 rings (SSSR count). The predicted octanol–water partition coefficient (Wildman–Crippen LogP) is 1.67. The molecule has 5 nitrogen and oxygen atoms in total. The van der Waals surface area contributed by atoms with Gasteiger partial charge in [0.25, 0.3) is 0 Å². The summed E-state index contributed by atoms with van der Waals surface area (Å²) in [6.07, 6.45) is 0. The van der Waals surface area contributed by atoms with Gasteiger partial charge in [0.15, 0.2) is 0 Å². The fraction of sp³-hybridized carbons (Fsp3) is 0.615. The van der Waals surface area contributed by atoms with E-state index in [4.69, 9.17) is 9.15 Å². The average molecular weight is 289 g/mol. The van der Waals surface area contributed by atoms with Crippen molar-refractivity contribution in [2.75, 3.05) is 26.2 Å². The second-order valence-corrected chi connectivity index (χ2v) is 4.58. The van der Waals surface area contributed by atoms with E-state index in [1.807, 2.05) is 6.07 Å². The van der Waals surface area contributed by atoms with Crippen molar-refractivity contribution >= 4 is 18.4 Å². The normalized spacial score (nSPS) is 19.8. The average Bonchev–Trinajstić information content (AvgIpc) is 2.78. The van der Waals surface area contributed by atoms with Crippen molar-refractivity contribution in [2.24, 2.45) is 0 Å². The maximum absolute atomic E-state index is 11.5. The fourth-order valence-corrected chi connectivity index (χ4v) is 2.15. The Hall–Kier alpha value is -1.04. The Bertz CT molecular complexity index is 408. The highest BCUT2D eigenvalue weighted by Gasteiger charge is 2.18. The topological polar surface area (TPSA) is 54.7 Å². The summed E-state index contributed by atoms with van der Waals surface area (Å²) >= 11 is 0. The maximum Gasteiger partial charge on any atom is 0.374 e. The number of hydrogen-bond donors (Lipinski definition) is 1. The van der Waals surface area contributed by atoms with E-state index in [0.29, 0.717) is 12.6 Å². The van der Waals surface area contributed by atoms with Crippen LogP contribution in [0.25, 0.3) is 0 Å². The van der Waals surface area contributed by atoms with Gasteiger partial charge in [-0.15, -0.1) is 12.4 Å². The minimum Gasteiger partial charge on any atom is -0.460 e. The number of nitrogens with zero attached hydrogens (tertiary/aromatic N) is 1. The number of carbonyl (C=O) groups is 1. The third-order valence-electron chi connectivity index (χ3n) is 2.97. The van der Waals surface area contributed by atoms with Gasteiger partial charge in [0, 0.05) is 25.7 Å². The molecule has 1 aromatic heterocycles. The molecule has 108 valence electrons.